The lowest BCUT2D eigenvalue weighted by molar-refractivity contribution is 0.0920. The van der Waals surface area contributed by atoms with Gasteiger partial charge in [0.15, 0.2) is 5.76 Å². The molecule has 0 atom stereocenters. The molecule has 1 aromatic rings. The van der Waals surface area contributed by atoms with Crippen LogP contribution in [0.2, 0.25) is 0 Å². The van der Waals surface area contributed by atoms with E-state index in [2.05, 4.69) is 17.2 Å². The average Bonchev–Trinajstić information content (AvgIpc) is 2.87. The van der Waals surface area contributed by atoms with Crippen LogP contribution in [0.15, 0.2) is 16.5 Å². The predicted molar refractivity (Wildman–Crippen MR) is 68.7 cm³/mol. The van der Waals surface area contributed by atoms with Crippen molar-refractivity contribution in [3.63, 3.8) is 0 Å². The van der Waals surface area contributed by atoms with Gasteiger partial charge in [0.25, 0.3) is 0 Å². The summed E-state index contributed by atoms with van der Waals surface area (Å²) in [5.74, 6) is 6.64. The molecule has 1 fully saturated rings. The Morgan fingerprint density at radius 2 is 2.22 bits per heavy atom. The van der Waals surface area contributed by atoms with Gasteiger partial charge in [-0.2, -0.15) is 0 Å². The molecule has 5 heteroatoms. The molecule has 3 N–H and O–H groups in total. The second-order valence-electron chi connectivity index (χ2n) is 4.87. The van der Waals surface area contributed by atoms with E-state index in [4.69, 9.17) is 10.3 Å². The maximum atomic E-state index is 11.3. The Hall–Kier alpha value is -1.33. The van der Waals surface area contributed by atoms with Crippen LogP contribution in [0.3, 0.4) is 0 Å². The summed E-state index contributed by atoms with van der Waals surface area (Å²) in [7, 11) is 0. The number of carbonyl (C=O) groups excluding carboxylic acids is 1. The number of furan rings is 1. The Labute approximate surface area is 107 Å². The number of nitrogens with two attached hydrogens (primary N) is 1. The standard InChI is InChI=1S/C13H21N3O2/c1-2-10-5-7-16(8-6-10)9-11-3-4-12(18-11)13(17)15-14/h3-4,10H,2,5-9,14H2,1H3,(H,15,17). The van der Waals surface area contributed by atoms with E-state index >= 15 is 0 Å². The maximum Gasteiger partial charge on any atom is 0.300 e. The van der Waals surface area contributed by atoms with Gasteiger partial charge in [-0.15, -0.1) is 0 Å². The average molecular weight is 251 g/mol. The minimum absolute atomic E-state index is 0.274. The zero-order valence-electron chi connectivity index (χ0n) is 10.8. The van der Waals surface area contributed by atoms with E-state index in [0.29, 0.717) is 0 Å². The minimum atomic E-state index is -0.383. The van der Waals surface area contributed by atoms with Crippen LogP contribution in [-0.2, 0) is 6.54 Å². The van der Waals surface area contributed by atoms with Crippen molar-refractivity contribution < 1.29 is 9.21 Å². The van der Waals surface area contributed by atoms with Crippen molar-refractivity contribution in [1.82, 2.24) is 10.3 Å². The fraction of sp³-hybridized carbons (Fsp3) is 0.615. The predicted octanol–water partition coefficient (Wildman–Crippen LogP) is 1.51. The van der Waals surface area contributed by atoms with Crippen LogP contribution in [0.4, 0.5) is 0 Å². The number of nitrogen functional groups attached to an aromatic ring is 1. The van der Waals surface area contributed by atoms with Gasteiger partial charge in [0.05, 0.1) is 6.54 Å². The first-order valence-electron chi connectivity index (χ1n) is 6.55. The smallest absolute Gasteiger partial charge is 0.300 e. The van der Waals surface area contributed by atoms with E-state index in [-0.39, 0.29) is 11.7 Å². The lowest BCUT2D eigenvalue weighted by atomic mass is 9.94. The van der Waals surface area contributed by atoms with Gasteiger partial charge in [0, 0.05) is 0 Å². The van der Waals surface area contributed by atoms with Crippen LogP contribution in [0, 0.1) is 5.92 Å². The Morgan fingerprint density at radius 1 is 1.50 bits per heavy atom. The van der Waals surface area contributed by atoms with Crippen molar-refractivity contribution in [2.75, 3.05) is 13.1 Å². The number of hydrogen-bond acceptors (Lipinski definition) is 4. The molecule has 0 radical (unpaired) electrons. The number of nitrogens with one attached hydrogen (secondary N) is 1. The second kappa shape index (κ2) is 6.02. The highest BCUT2D eigenvalue weighted by molar-refractivity contribution is 5.90. The minimum Gasteiger partial charge on any atom is -0.455 e. The van der Waals surface area contributed by atoms with Crippen LogP contribution in [0.25, 0.3) is 0 Å². The molecule has 0 aliphatic carbocycles. The molecule has 1 amide bonds. The fourth-order valence-corrected chi connectivity index (χ4v) is 2.43. The molecular formula is C13H21N3O2. The number of piperidine rings is 1. The molecule has 0 spiro atoms. The molecule has 18 heavy (non-hydrogen) atoms. The molecule has 5 nitrogen and oxygen atoms in total. The van der Waals surface area contributed by atoms with Crippen LogP contribution in [-0.4, -0.2) is 23.9 Å². The van der Waals surface area contributed by atoms with Crippen LogP contribution in [0.5, 0.6) is 0 Å². The first kappa shape index (κ1) is 13.1. The maximum absolute atomic E-state index is 11.3. The van der Waals surface area contributed by atoms with E-state index in [1.54, 1.807) is 6.07 Å². The molecule has 1 aliphatic rings. The monoisotopic (exact) mass is 251 g/mol. The van der Waals surface area contributed by atoms with Gasteiger partial charge < -0.3 is 4.42 Å². The molecule has 2 heterocycles. The van der Waals surface area contributed by atoms with Gasteiger partial charge in [0.1, 0.15) is 5.76 Å². The van der Waals surface area contributed by atoms with E-state index in [9.17, 15) is 4.79 Å². The van der Waals surface area contributed by atoms with Gasteiger partial charge in [0.2, 0.25) is 0 Å². The second-order valence-corrected chi connectivity index (χ2v) is 4.87. The van der Waals surface area contributed by atoms with Gasteiger partial charge in [-0.3, -0.25) is 15.1 Å². The highest BCUT2D eigenvalue weighted by atomic mass is 16.4. The molecule has 0 unspecified atom stereocenters. The third-order valence-corrected chi connectivity index (χ3v) is 3.68. The summed E-state index contributed by atoms with van der Waals surface area (Å²) in [4.78, 5) is 13.6. The Balaban J connectivity index is 1.86. The third kappa shape index (κ3) is 3.11. The Bertz CT molecular complexity index is 395. The third-order valence-electron chi connectivity index (χ3n) is 3.68. The number of rotatable bonds is 4. The number of carbonyl (C=O) groups is 1. The SMILES string of the molecule is CCC1CCN(Cc2ccc(C(=O)NN)o2)CC1. The number of hydrogen-bond donors (Lipinski definition) is 2. The van der Waals surface area contributed by atoms with Crippen LogP contribution in [0.1, 0.15) is 42.5 Å². The zero-order chi connectivity index (χ0) is 13.0. The molecule has 0 bridgehead atoms. The van der Waals surface area contributed by atoms with E-state index in [1.165, 1.54) is 19.3 Å². The van der Waals surface area contributed by atoms with E-state index < -0.39 is 0 Å². The molecule has 1 saturated heterocycles. The summed E-state index contributed by atoms with van der Waals surface area (Å²) in [6.45, 7) is 5.24. The summed E-state index contributed by atoms with van der Waals surface area (Å²) in [6, 6.07) is 3.51. The van der Waals surface area contributed by atoms with Gasteiger partial charge in [-0.25, -0.2) is 5.84 Å². The largest absolute Gasteiger partial charge is 0.455 e. The van der Waals surface area contributed by atoms with Crippen molar-refractivity contribution in [3.05, 3.63) is 23.7 Å². The Morgan fingerprint density at radius 3 is 2.83 bits per heavy atom. The highest BCUT2D eigenvalue weighted by Crippen LogP contribution is 2.21. The number of hydrazine groups is 1. The first-order valence-corrected chi connectivity index (χ1v) is 6.55. The zero-order valence-corrected chi connectivity index (χ0v) is 10.8. The summed E-state index contributed by atoms with van der Waals surface area (Å²) in [6.07, 6.45) is 3.79. The van der Waals surface area contributed by atoms with Gasteiger partial charge in [-0.05, 0) is 44.0 Å². The molecule has 100 valence electrons. The molecular weight excluding hydrogens is 230 g/mol. The fourth-order valence-electron chi connectivity index (χ4n) is 2.43. The Kier molecular flexibility index (Phi) is 4.38. The quantitative estimate of drug-likeness (QED) is 0.483. The lowest BCUT2D eigenvalue weighted by Gasteiger charge is -2.30. The number of amides is 1. The van der Waals surface area contributed by atoms with Crippen molar-refractivity contribution in [3.8, 4) is 0 Å². The summed E-state index contributed by atoms with van der Waals surface area (Å²) in [5, 5.41) is 0. The summed E-state index contributed by atoms with van der Waals surface area (Å²) in [5.41, 5.74) is 2.07. The van der Waals surface area contributed by atoms with E-state index in [0.717, 1.165) is 31.3 Å². The van der Waals surface area contributed by atoms with E-state index in [1.807, 2.05) is 6.07 Å². The molecule has 1 aromatic heterocycles. The number of nitrogens with zero attached hydrogens (tertiary/aromatic N) is 1. The summed E-state index contributed by atoms with van der Waals surface area (Å²) < 4.78 is 5.46. The lowest BCUT2D eigenvalue weighted by Crippen LogP contribution is -2.33. The normalized spacial score (nSPS) is 17.9. The first-order chi connectivity index (χ1) is 8.72. The van der Waals surface area contributed by atoms with Gasteiger partial charge in [-0.1, -0.05) is 13.3 Å². The summed E-state index contributed by atoms with van der Waals surface area (Å²) >= 11 is 0. The van der Waals surface area contributed by atoms with Crippen molar-refractivity contribution in [2.24, 2.45) is 11.8 Å². The van der Waals surface area contributed by atoms with Crippen molar-refractivity contribution >= 4 is 5.91 Å². The van der Waals surface area contributed by atoms with Crippen molar-refractivity contribution in [2.45, 2.75) is 32.7 Å². The topological polar surface area (TPSA) is 71.5 Å². The molecule has 1 aliphatic heterocycles. The van der Waals surface area contributed by atoms with Crippen LogP contribution >= 0.6 is 0 Å². The molecule has 0 saturated carbocycles. The van der Waals surface area contributed by atoms with Crippen LogP contribution < -0.4 is 11.3 Å². The van der Waals surface area contributed by atoms with Crippen molar-refractivity contribution in [1.29, 1.82) is 0 Å². The highest BCUT2D eigenvalue weighted by Gasteiger charge is 2.19. The molecule has 0 aromatic carbocycles. The van der Waals surface area contributed by atoms with Gasteiger partial charge >= 0.3 is 5.91 Å². The molecule has 2 rings (SSSR count). The number of likely N-dealkylation sites (tertiary alicyclic amines) is 1.